The van der Waals surface area contributed by atoms with Gasteiger partial charge in [-0.25, -0.2) is 4.79 Å². The zero-order valence-electron chi connectivity index (χ0n) is 17.2. The fourth-order valence-electron chi connectivity index (χ4n) is 3.18. The van der Waals surface area contributed by atoms with Crippen LogP contribution in [0, 0.1) is 0 Å². The highest BCUT2D eigenvalue weighted by atomic mass is 16.5. The van der Waals surface area contributed by atoms with Gasteiger partial charge in [-0.1, -0.05) is 60.7 Å². The monoisotopic (exact) mass is 427 g/mol. The lowest BCUT2D eigenvalue weighted by molar-refractivity contribution is -0.123. The standard InChI is InChI=1S/C25H21N3O4/c29-23(26-20-9-5-2-6-10-20)17-32-21-13-11-18(12-14-21)15-22-24(30)28(25(31)27-22)16-19-7-3-1-4-8-19/h1-15H,16-17H2,(H,26,29)(H,27,31)/b22-15+. The van der Waals surface area contributed by atoms with Gasteiger partial charge in [0.1, 0.15) is 11.4 Å². The quantitative estimate of drug-likeness (QED) is 0.444. The first-order valence-corrected chi connectivity index (χ1v) is 10.0. The third-order valence-corrected chi connectivity index (χ3v) is 4.76. The van der Waals surface area contributed by atoms with Crippen molar-refractivity contribution in [2.75, 3.05) is 11.9 Å². The van der Waals surface area contributed by atoms with Gasteiger partial charge in [0.05, 0.1) is 6.54 Å². The molecule has 7 heteroatoms. The summed E-state index contributed by atoms with van der Waals surface area (Å²) in [6.07, 6.45) is 1.61. The van der Waals surface area contributed by atoms with Crippen LogP contribution in [-0.2, 0) is 16.1 Å². The molecular formula is C25H21N3O4. The Morgan fingerprint density at radius 3 is 2.25 bits per heavy atom. The maximum atomic E-state index is 12.6. The molecule has 1 fully saturated rings. The maximum absolute atomic E-state index is 12.6. The Kier molecular flexibility index (Phi) is 6.27. The van der Waals surface area contributed by atoms with Gasteiger partial charge < -0.3 is 15.4 Å². The summed E-state index contributed by atoms with van der Waals surface area (Å²) in [5.41, 5.74) is 2.50. The van der Waals surface area contributed by atoms with E-state index < -0.39 is 6.03 Å². The third-order valence-electron chi connectivity index (χ3n) is 4.76. The molecular weight excluding hydrogens is 406 g/mol. The predicted octanol–water partition coefficient (Wildman–Crippen LogP) is 3.80. The molecule has 1 saturated heterocycles. The normalized spacial score (nSPS) is 14.4. The number of rotatable bonds is 7. The summed E-state index contributed by atoms with van der Waals surface area (Å²) in [6.45, 7) is 0.0823. The molecule has 0 spiro atoms. The van der Waals surface area contributed by atoms with Crippen LogP contribution >= 0.6 is 0 Å². The van der Waals surface area contributed by atoms with Gasteiger partial charge in [0.25, 0.3) is 11.8 Å². The van der Waals surface area contributed by atoms with Crippen molar-refractivity contribution in [1.82, 2.24) is 10.2 Å². The van der Waals surface area contributed by atoms with Crippen LogP contribution in [0.25, 0.3) is 6.08 Å². The number of benzene rings is 3. The average Bonchev–Trinajstić information content (AvgIpc) is 3.07. The minimum Gasteiger partial charge on any atom is -0.484 e. The summed E-state index contributed by atoms with van der Waals surface area (Å²) in [5.74, 6) is -0.125. The summed E-state index contributed by atoms with van der Waals surface area (Å²) in [4.78, 5) is 38.0. The number of para-hydroxylation sites is 1. The molecule has 3 aromatic carbocycles. The number of ether oxygens (including phenoxy) is 1. The minimum absolute atomic E-state index is 0.127. The van der Waals surface area contributed by atoms with Crippen molar-refractivity contribution in [3.63, 3.8) is 0 Å². The first-order valence-electron chi connectivity index (χ1n) is 10.0. The van der Waals surface area contributed by atoms with E-state index in [-0.39, 0.29) is 30.7 Å². The fraction of sp³-hybridized carbons (Fsp3) is 0.0800. The van der Waals surface area contributed by atoms with Crippen molar-refractivity contribution in [2.24, 2.45) is 0 Å². The summed E-state index contributed by atoms with van der Waals surface area (Å²) in [7, 11) is 0. The Hall–Kier alpha value is -4.39. The van der Waals surface area contributed by atoms with Gasteiger partial charge in [-0.05, 0) is 41.5 Å². The number of amides is 4. The fourth-order valence-corrected chi connectivity index (χ4v) is 3.18. The number of nitrogens with zero attached hydrogens (tertiary/aromatic N) is 1. The molecule has 4 amide bonds. The van der Waals surface area contributed by atoms with Crippen molar-refractivity contribution >= 4 is 29.6 Å². The summed E-state index contributed by atoms with van der Waals surface area (Å²) < 4.78 is 5.51. The van der Waals surface area contributed by atoms with Crippen LogP contribution in [-0.4, -0.2) is 29.4 Å². The third kappa shape index (κ3) is 5.20. The first kappa shape index (κ1) is 20.9. The summed E-state index contributed by atoms with van der Waals surface area (Å²) in [5, 5.41) is 5.36. The average molecular weight is 427 g/mol. The van der Waals surface area contributed by atoms with E-state index in [0.29, 0.717) is 11.4 Å². The molecule has 0 aliphatic carbocycles. The number of hydrogen-bond donors (Lipinski definition) is 2. The van der Waals surface area contributed by atoms with E-state index in [1.54, 1.807) is 42.5 Å². The topological polar surface area (TPSA) is 87.7 Å². The Bertz CT molecular complexity index is 1140. The highest BCUT2D eigenvalue weighted by molar-refractivity contribution is 6.13. The van der Waals surface area contributed by atoms with Gasteiger partial charge in [-0.3, -0.25) is 14.5 Å². The lowest BCUT2D eigenvalue weighted by Gasteiger charge is -2.11. The van der Waals surface area contributed by atoms with Crippen LogP contribution in [0.3, 0.4) is 0 Å². The number of nitrogens with one attached hydrogen (secondary N) is 2. The molecule has 0 bridgehead atoms. The van der Waals surface area contributed by atoms with Crippen molar-refractivity contribution in [3.05, 3.63) is 102 Å². The molecule has 3 aromatic rings. The van der Waals surface area contributed by atoms with E-state index in [2.05, 4.69) is 10.6 Å². The van der Waals surface area contributed by atoms with Gasteiger partial charge in [0, 0.05) is 5.69 Å². The van der Waals surface area contributed by atoms with E-state index in [9.17, 15) is 14.4 Å². The van der Waals surface area contributed by atoms with Crippen LogP contribution in [0.1, 0.15) is 11.1 Å². The number of carbonyl (C=O) groups excluding carboxylic acids is 3. The van der Waals surface area contributed by atoms with Crippen molar-refractivity contribution in [3.8, 4) is 5.75 Å². The van der Waals surface area contributed by atoms with Crippen LogP contribution in [0.15, 0.2) is 90.6 Å². The Morgan fingerprint density at radius 1 is 0.906 bits per heavy atom. The lowest BCUT2D eigenvalue weighted by atomic mass is 10.1. The second-order valence-electron chi connectivity index (χ2n) is 7.14. The zero-order valence-corrected chi connectivity index (χ0v) is 17.2. The molecule has 32 heavy (non-hydrogen) atoms. The number of imide groups is 1. The van der Waals surface area contributed by atoms with E-state index >= 15 is 0 Å². The molecule has 0 unspecified atom stereocenters. The number of hydrogen-bond acceptors (Lipinski definition) is 4. The van der Waals surface area contributed by atoms with Crippen LogP contribution in [0.2, 0.25) is 0 Å². The summed E-state index contributed by atoms with van der Waals surface area (Å²) in [6, 6.07) is 24.9. The Labute approximate surface area is 185 Å². The number of urea groups is 1. The smallest absolute Gasteiger partial charge is 0.329 e. The molecule has 160 valence electrons. The van der Waals surface area contributed by atoms with Crippen molar-refractivity contribution in [1.29, 1.82) is 0 Å². The molecule has 0 atom stereocenters. The Balaban J connectivity index is 1.34. The highest BCUT2D eigenvalue weighted by Crippen LogP contribution is 2.19. The summed E-state index contributed by atoms with van der Waals surface area (Å²) >= 11 is 0. The highest BCUT2D eigenvalue weighted by Gasteiger charge is 2.33. The second kappa shape index (κ2) is 9.61. The molecule has 1 heterocycles. The van der Waals surface area contributed by atoms with E-state index in [1.807, 2.05) is 48.5 Å². The largest absolute Gasteiger partial charge is 0.484 e. The first-order chi connectivity index (χ1) is 15.6. The molecule has 7 nitrogen and oxygen atoms in total. The molecule has 0 aromatic heterocycles. The van der Waals surface area contributed by atoms with Crippen molar-refractivity contribution in [2.45, 2.75) is 6.54 Å². The van der Waals surface area contributed by atoms with Crippen molar-refractivity contribution < 1.29 is 19.1 Å². The SMILES string of the molecule is O=C(COc1ccc(/C=C2/NC(=O)N(Cc3ccccc3)C2=O)cc1)Nc1ccccc1. The predicted molar refractivity (Wildman–Crippen MR) is 121 cm³/mol. The minimum atomic E-state index is -0.450. The molecule has 4 rings (SSSR count). The van der Waals surface area contributed by atoms with Gasteiger partial charge in [0.15, 0.2) is 6.61 Å². The van der Waals surface area contributed by atoms with Gasteiger partial charge in [-0.15, -0.1) is 0 Å². The molecule has 0 saturated carbocycles. The van der Waals surface area contributed by atoms with Crippen LogP contribution in [0.4, 0.5) is 10.5 Å². The maximum Gasteiger partial charge on any atom is 0.329 e. The molecule has 1 aliphatic heterocycles. The van der Waals surface area contributed by atoms with Gasteiger partial charge >= 0.3 is 6.03 Å². The Morgan fingerprint density at radius 2 is 1.56 bits per heavy atom. The lowest BCUT2D eigenvalue weighted by Crippen LogP contribution is -2.30. The van der Waals surface area contributed by atoms with E-state index in [1.165, 1.54) is 4.90 Å². The second-order valence-corrected chi connectivity index (χ2v) is 7.14. The van der Waals surface area contributed by atoms with Gasteiger partial charge in [-0.2, -0.15) is 0 Å². The van der Waals surface area contributed by atoms with Gasteiger partial charge in [0.2, 0.25) is 0 Å². The molecule has 1 aliphatic rings. The van der Waals surface area contributed by atoms with Crippen LogP contribution in [0.5, 0.6) is 5.75 Å². The molecule has 0 radical (unpaired) electrons. The van der Waals surface area contributed by atoms with Crippen LogP contribution < -0.4 is 15.4 Å². The van der Waals surface area contributed by atoms with E-state index in [4.69, 9.17) is 4.74 Å². The number of anilines is 1. The number of carbonyl (C=O) groups is 3. The molecule has 2 N–H and O–H groups in total. The van der Waals surface area contributed by atoms with E-state index in [0.717, 1.165) is 11.1 Å². The zero-order chi connectivity index (χ0) is 22.3.